The number of amides is 3. The summed E-state index contributed by atoms with van der Waals surface area (Å²) < 4.78 is 34.4. The Kier molecular flexibility index (Phi) is 8.56. The average Bonchev–Trinajstić information content (AvgIpc) is 3.49. The number of hydrogen-bond acceptors (Lipinski definition) is 6. The number of nitrogens with zero attached hydrogens (tertiary/aromatic N) is 1. The Hall–Kier alpha value is -4.61. The molecule has 1 aromatic heterocycles. The maximum absolute atomic E-state index is 14.1. The fraction of sp³-hybridized carbons (Fsp3) is 0.194. The highest BCUT2D eigenvalue weighted by Crippen LogP contribution is 2.39. The van der Waals surface area contributed by atoms with Gasteiger partial charge in [-0.25, -0.2) is 8.42 Å². The molecule has 4 aromatic rings. The third-order valence-electron chi connectivity index (χ3n) is 7.00. The van der Waals surface area contributed by atoms with Crippen molar-refractivity contribution in [3.8, 4) is 0 Å². The SMILES string of the molecule is Cc1cc(Cl)cc(C)c1S(=O)(=O)N1c2ccccc2NC(=O)C1CC(=O)NCCc1ccc(NC(=O)c2ccco2)cc1. The van der Waals surface area contributed by atoms with Crippen molar-refractivity contribution < 1.29 is 27.2 Å². The zero-order chi connectivity index (χ0) is 30.7. The monoisotopic (exact) mass is 620 g/mol. The minimum absolute atomic E-state index is 0.0376. The first-order valence-corrected chi connectivity index (χ1v) is 15.3. The zero-order valence-electron chi connectivity index (χ0n) is 23.4. The lowest BCUT2D eigenvalue weighted by atomic mass is 10.1. The highest BCUT2D eigenvalue weighted by atomic mass is 35.5. The van der Waals surface area contributed by atoms with Crippen LogP contribution < -0.4 is 20.3 Å². The van der Waals surface area contributed by atoms with Crippen LogP contribution in [-0.2, 0) is 26.0 Å². The molecule has 0 saturated heterocycles. The van der Waals surface area contributed by atoms with Crippen molar-refractivity contribution in [3.63, 3.8) is 0 Å². The van der Waals surface area contributed by atoms with Crippen LogP contribution in [0.5, 0.6) is 0 Å². The van der Waals surface area contributed by atoms with Crippen molar-refractivity contribution in [3.05, 3.63) is 107 Å². The number of furan rings is 1. The molecule has 10 nitrogen and oxygen atoms in total. The van der Waals surface area contributed by atoms with Crippen molar-refractivity contribution >= 4 is 56.4 Å². The van der Waals surface area contributed by atoms with Gasteiger partial charge in [-0.15, -0.1) is 0 Å². The van der Waals surface area contributed by atoms with Crippen LogP contribution in [0.4, 0.5) is 17.1 Å². The van der Waals surface area contributed by atoms with Crippen LogP contribution in [0.25, 0.3) is 0 Å². The lowest BCUT2D eigenvalue weighted by Crippen LogP contribution is -2.53. The molecule has 3 N–H and O–H groups in total. The first kappa shape index (κ1) is 29.9. The highest BCUT2D eigenvalue weighted by molar-refractivity contribution is 7.93. The van der Waals surface area contributed by atoms with Gasteiger partial charge in [0.2, 0.25) is 11.8 Å². The van der Waals surface area contributed by atoms with E-state index in [1.807, 2.05) is 12.1 Å². The molecule has 0 bridgehead atoms. The van der Waals surface area contributed by atoms with E-state index in [2.05, 4.69) is 16.0 Å². The van der Waals surface area contributed by atoms with Crippen molar-refractivity contribution in [2.24, 2.45) is 0 Å². The second kappa shape index (κ2) is 12.3. The number of anilines is 3. The molecule has 5 rings (SSSR count). The van der Waals surface area contributed by atoms with Gasteiger partial charge in [-0.2, -0.15) is 0 Å². The second-order valence-electron chi connectivity index (χ2n) is 10.1. The lowest BCUT2D eigenvalue weighted by Gasteiger charge is -2.37. The fourth-order valence-corrected chi connectivity index (χ4v) is 7.47. The van der Waals surface area contributed by atoms with Gasteiger partial charge in [0.15, 0.2) is 5.76 Å². The minimum Gasteiger partial charge on any atom is -0.459 e. The molecule has 0 aliphatic carbocycles. The van der Waals surface area contributed by atoms with Crippen LogP contribution in [0, 0.1) is 13.8 Å². The third kappa shape index (κ3) is 6.42. The summed E-state index contributed by atoms with van der Waals surface area (Å²) in [6.07, 6.45) is 1.51. The predicted octanol–water partition coefficient (Wildman–Crippen LogP) is 5.07. The van der Waals surface area contributed by atoms with Crippen molar-refractivity contribution in [2.45, 2.75) is 37.6 Å². The smallest absolute Gasteiger partial charge is 0.291 e. The maximum Gasteiger partial charge on any atom is 0.291 e. The molecule has 222 valence electrons. The van der Waals surface area contributed by atoms with Gasteiger partial charge in [0.1, 0.15) is 6.04 Å². The number of nitrogens with one attached hydrogen (secondary N) is 3. The second-order valence-corrected chi connectivity index (χ2v) is 12.3. The van der Waals surface area contributed by atoms with Crippen LogP contribution in [0.2, 0.25) is 5.02 Å². The molecule has 2 heterocycles. The van der Waals surface area contributed by atoms with Crippen LogP contribution in [0.3, 0.4) is 0 Å². The standard InChI is InChI=1S/C31H29ClN4O6S/c1-19-16-22(32)17-20(2)29(19)43(40,41)36-25-7-4-3-6-24(25)35-30(38)26(36)18-28(37)33-14-13-21-9-11-23(12-10-21)34-31(39)27-8-5-15-42-27/h3-12,15-17,26H,13-14,18H2,1-2H3,(H,33,37)(H,34,39)(H,35,38). The van der Waals surface area contributed by atoms with Gasteiger partial charge in [0.25, 0.3) is 15.9 Å². The Labute approximate surface area is 254 Å². The van der Waals surface area contributed by atoms with Gasteiger partial charge in [-0.1, -0.05) is 35.9 Å². The van der Waals surface area contributed by atoms with E-state index in [9.17, 15) is 22.8 Å². The Bertz CT molecular complexity index is 1770. The van der Waals surface area contributed by atoms with Crippen molar-refractivity contribution in [2.75, 3.05) is 21.5 Å². The van der Waals surface area contributed by atoms with Gasteiger partial charge < -0.3 is 20.4 Å². The summed E-state index contributed by atoms with van der Waals surface area (Å²) in [5.74, 6) is -1.25. The van der Waals surface area contributed by atoms with Gasteiger partial charge in [-0.3, -0.25) is 18.7 Å². The molecule has 1 aliphatic heterocycles. The lowest BCUT2D eigenvalue weighted by molar-refractivity contribution is -0.125. The number of rotatable bonds is 9. The van der Waals surface area contributed by atoms with Crippen LogP contribution in [0.15, 0.2) is 88.4 Å². The third-order valence-corrected chi connectivity index (χ3v) is 9.35. The van der Waals surface area contributed by atoms with Crippen molar-refractivity contribution in [1.82, 2.24) is 5.32 Å². The summed E-state index contributed by atoms with van der Waals surface area (Å²) in [5.41, 5.74) is 2.96. The van der Waals surface area contributed by atoms with E-state index < -0.39 is 27.9 Å². The Morgan fingerprint density at radius 1 is 1.00 bits per heavy atom. The van der Waals surface area contributed by atoms with E-state index in [4.69, 9.17) is 16.0 Å². The molecule has 0 spiro atoms. The number of carbonyl (C=O) groups excluding carboxylic acids is 3. The van der Waals surface area contributed by atoms with Gasteiger partial charge >= 0.3 is 0 Å². The molecule has 3 amide bonds. The molecule has 1 atom stereocenters. The number of carbonyl (C=O) groups is 3. The number of fused-ring (bicyclic) bond motifs is 1. The molecule has 43 heavy (non-hydrogen) atoms. The van der Waals surface area contributed by atoms with E-state index in [-0.39, 0.29) is 35.2 Å². The summed E-state index contributed by atoms with van der Waals surface area (Å²) in [6.45, 7) is 3.54. The number of aryl methyl sites for hydroxylation is 2. The van der Waals surface area contributed by atoms with Crippen LogP contribution in [-0.4, -0.2) is 38.7 Å². The topological polar surface area (TPSA) is 138 Å². The number of hydrogen-bond donors (Lipinski definition) is 3. The van der Waals surface area contributed by atoms with Crippen LogP contribution >= 0.6 is 11.6 Å². The number of sulfonamides is 1. The molecule has 1 aliphatic rings. The van der Waals surface area contributed by atoms with E-state index >= 15 is 0 Å². The summed E-state index contributed by atoms with van der Waals surface area (Å²) in [4.78, 5) is 38.5. The van der Waals surface area contributed by atoms with Gasteiger partial charge in [-0.05, 0) is 85.5 Å². The zero-order valence-corrected chi connectivity index (χ0v) is 25.0. The van der Waals surface area contributed by atoms with Gasteiger partial charge in [0.05, 0.1) is 29.0 Å². The normalized spacial score (nSPS) is 14.5. The minimum atomic E-state index is -4.27. The van der Waals surface area contributed by atoms with E-state index in [0.29, 0.717) is 33.9 Å². The fourth-order valence-electron chi connectivity index (χ4n) is 5.09. The summed E-state index contributed by atoms with van der Waals surface area (Å²) in [6, 6.07) is 18.7. The molecular weight excluding hydrogens is 592 g/mol. The summed E-state index contributed by atoms with van der Waals surface area (Å²) in [5, 5.41) is 8.66. The largest absolute Gasteiger partial charge is 0.459 e. The predicted molar refractivity (Wildman–Crippen MR) is 164 cm³/mol. The molecular formula is C31H29ClN4O6S. The molecule has 0 radical (unpaired) electrons. The molecule has 12 heteroatoms. The number of halogens is 1. The van der Waals surface area contributed by atoms with Gasteiger partial charge in [0, 0.05) is 17.3 Å². The molecule has 3 aromatic carbocycles. The molecule has 0 fully saturated rings. The first-order valence-electron chi connectivity index (χ1n) is 13.5. The summed E-state index contributed by atoms with van der Waals surface area (Å²) >= 11 is 6.15. The van der Waals surface area contributed by atoms with Crippen LogP contribution in [0.1, 0.15) is 33.7 Å². The van der Waals surface area contributed by atoms with E-state index in [0.717, 1.165) is 9.87 Å². The molecule has 1 unspecified atom stereocenters. The Morgan fingerprint density at radius 2 is 1.70 bits per heavy atom. The van der Waals surface area contributed by atoms with Crippen molar-refractivity contribution in [1.29, 1.82) is 0 Å². The first-order chi connectivity index (χ1) is 20.5. The average molecular weight is 621 g/mol. The van der Waals surface area contributed by atoms with E-state index in [1.165, 1.54) is 6.26 Å². The van der Waals surface area contributed by atoms with E-state index in [1.54, 1.807) is 74.5 Å². The Balaban J connectivity index is 1.28. The summed E-state index contributed by atoms with van der Waals surface area (Å²) in [7, 11) is -4.27. The maximum atomic E-state index is 14.1. The quantitative estimate of drug-likeness (QED) is 0.239. The highest BCUT2D eigenvalue weighted by Gasteiger charge is 2.43. The number of para-hydroxylation sites is 2. The number of benzene rings is 3. The Morgan fingerprint density at radius 3 is 2.37 bits per heavy atom. The molecule has 0 saturated carbocycles.